The van der Waals surface area contributed by atoms with Crippen molar-refractivity contribution in [2.75, 3.05) is 6.54 Å². The van der Waals surface area contributed by atoms with Gasteiger partial charge >= 0.3 is 0 Å². The van der Waals surface area contributed by atoms with Gasteiger partial charge < -0.3 is 5.32 Å². The highest BCUT2D eigenvalue weighted by Gasteiger charge is 2.25. The zero-order chi connectivity index (χ0) is 14.1. The average Bonchev–Trinajstić information content (AvgIpc) is 2.39. The molecule has 1 N–H and O–H groups in total. The zero-order valence-electron chi connectivity index (χ0n) is 12.6. The Labute approximate surface area is 122 Å². The number of rotatable bonds is 4. The number of hydrogen-bond donors (Lipinski definition) is 1. The number of fused-ring (bicyclic) bond motifs is 1. The van der Waals surface area contributed by atoms with Crippen LogP contribution in [0.2, 0.25) is 0 Å². The minimum Gasteiger partial charge on any atom is -0.310 e. The standard InChI is InChI=1S/C19H23N/c1-13-8-9-18(14(2)10-13)15(3)20-12-17-11-16-6-4-5-7-19(16)17/h4-10,15,17,20H,11-12H2,1-3H3. The third-order valence-corrected chi connectivity index (χ3v) is 4.52. The van der Waals surface area contributed by atoms with E-state index in [4.69, 9.17) is 0 Å². The van der Waals surface area contributed by atoms with Crippen molar-refractivity contribution in [3.8, 4) is 0 Å². The summed E-state index contributed by atoms with van der Waals surface area (Å²) in [5, 5.41) is 3.70. The Hall–Kier alpha value is -1.60. The molecular weight excluding hydrogens is 242 g/mol. The Morgan fingerprint density at radius 1 is 1.15 bits per heavy atom. The summed E-state index contributed by atoms with van der Waals surface area (Å²) in [6, 6.07) is 16.0. The van der Waals surface area contributed by atoms with E-state index in [0.717, 1.165) is 6.54 Å². The largest absolute Gasteiger partial charge is 0.310 e. The molecular formula is C19H23N. The second kappa shape index (κ2) is 5.41. The van der Waals surface area contributed by atoms with Gasteiger partial charge in [0.25, 0.3) is 0 Å². The van der Waals surface area contributed by atoms with E-state index in [1.165, 1.54) is 34.2 Å². The van der Waals surface area contributed by atoms with E-state index in [9.17, 15) is 0 Å². The molecule has 104 valence electrons. The van der Waals surface area contributed by atoms with Crippen LogP contribution >= 0.6 is 0 Å². The van der Waals surface area contributed by atoms with Crippen molar-refractivity contribution in [3.05, 3.63) is 70.3 Å². The van der Waals surface area contributed by atoms with Gasteiger partial charge in [-0.15, -0.1) is 0 Å². The Kier molecular flexibility index (Phi) is 3.62. The molecule has 0 heterocycles. The summed E-state index contributed by atoms with van der Waals surface area (Å²) in [6.07, 6.45) is 1.22. The second-order valence-corrected chi connectivity index (χ2v) is 6.09. The van der Waals surface area contributed by atoms with Crippen molar-refractivity contribution in [1.82, 2.24) is 5.32 Å². The van der Waals surface area contributed by atoms with Crippen molar-refractivity contribution in [2.24, 2.45) is 0 Å². The first-order valence-electron chi connectivity index (χ1n) is 7.53. The molecule has 0 saturated heterocycles. The first-order valence-corrected chi connectivity index (χ1v) is 7.53. The van der Waals surface area contributed by atoms with Crippen LogP contribution in [0.5, 0.6) is 0 Å². The van der Waals surface area contributed by atoms with E-state index in [1.54, 1.807) is 0 Å². The first kappa shape index (κ1) is 13.4. The summed E-state index contributed by atoms with van der Waals surface area (Å²) in [6.45, 7) is 7.70. The third kappa shape index (κ3) is 2.51. The molecule has 1 aliphatic carbocycles. The van der Waals surface area contributed by atoms with Gasteiger partial charge in [0, 0.05) is 18.5 Å². The zero-order valence-corrected chi connectivity index (χ0v) is 12.6. The molecule has 1 aliphatic rings. The molecule has 2 unspecified atom stereocenters. The van der Waals surface area contributed by atoms with E-state index in [1.807, 2.05) is 0 Å². The Morgan fingerprint density at radius 2 is 1.95 bits per heavy atom. The number of benzene rings is 2. The summed E-state index contributed by atoms with van der Waals surface area (Å²) in [4.78, 5) is 0. The van der Waals surface area contributed by atoms with Gasteiger partial charge in [-0.3, -0.25) is 0 Å². The normalized spacial score (nSPS) is 18.2. The minimum atomic E-state index is 0.420. The molecule has 20 heavy (non-hydrogen) atoms. The van der Waals surface area contributed by atoms with Crippen LogP contribution in [0, 0.1) is 13.8 Å². The first-order chi connectivity index (χ1) is 9.65. The van der Waals surface area contributed by atoms with E-state index < -0.39 is 0 Å². The van der Waals surface area contributed by atoms with E-state index in [0.29, 0.717) is 12.0 Å². The quantitative estimate of drug-likeness (QED) is 0.869. The lowest BCUT2D eigenvalue weighted by Gasteiger charge is -2.31. The SMILES string of the molecule is Cc1ccc(C(C)NCC2Cc3ccccc32)c(C)c1. The van der Waals surface area contributed by atoms with Gasteiger partial charge in [0.15, 0.2) is 0 Å². The summed E-state index contributed by atoms with van der Waals surface area (Å²) in [5.74, 6) is 0.694. The molecule has 0 aliphatic heterocycles. The molecule has 3 rings (SSSR count). The molecule has 2 atom stereocenters. The van der Waals surface area contributed by atoms with Crippen LogP contribution in [0.25, 0.3) is 0 Å². The van der Waals surface area contributed by atoms with Crippen molar-refractivity contribution >= 4 is 0 Å². The second-order valence-electron chi connectivity index (χ2n) is 6.09. The molecule has 0 aromatic heterocycles. The van der Waals surface area contributed by atoms with Gasteiger partial charge in [-0.25, -0.2) is 0 Å². The molecule has 0 spiro atoms. The molecule has 2 aromatic rings. The van der Waals surface area contributed by atoms with Crippen LogP contribution in [-0.2, 0) is 6.42 Å². The summed E-state index contributed by atoms with van der Waals surface area (Å²) >= 11 is 0. The number of aryl methyl sites for hydroxylation is 2. The molecule has 0 radical (unpaired) electrons. The lowest BCUT2D eigenvalue weighted by Crippen LogP contribution is -2.31. The number of nitrogens with one attached hydrogen (secondary N) is 1. The van der Waals surface area contributed by atoms with Gasteiger partial charge in [-0.2, -0.15) is 0 Å². The summed E-state index contributed by atoms with van der Waals surface area (Å²) < 4.78 is 0. The van der Waals surface area contributed by atoms with E-state index in [2.05, 4.69) is 68.6 Å². The van der Waals surface area contributed by atoms with Crippen molar-refractivity contribution in [2.45, 2.75) is 39.2 Å². The van der Waals surface area contributed by atoms with Crippen LogP contribution in [0.4, 0.5) is 0 Å². The topological polar surface area (TPSA) is 12.0 Å². The van der Waals surface area contributed by atoms with Crippen LogP contribution in [-0.4, -0.2) is 6.54 Å². The van der Waals surface area contributed by atoms with Gasteiger partial charge in [0.2, 0.25) is 0 Å². The van der Waals surface area contributed by atoms with E-state index >= 15 is 0 Å². The van der Waals surface area contributed by atoms with Gasteiger partial charge in [0.05, 0.1) is 0 Å². The van der Waals surface area contributed by atoms with E-state index in [-0.39, 0.29) is 0 Å². The summed E-state index contributed by atoms with van der Waals surface area (Å²) in [7, 11) is 0. The lowest BCUT2D eigenvalue weighted by atomic mass is 9.77. The van der Waals surface area contributed by atoms with Crippen LogP contribution in [0.1, 0.15) is 46.7 Å². The predicted molar refractivity (Wildman–Crippen MR) is 85.2 cm³/mol. The molecule has 0 amide bonds. The molecule has 1 heteroatoms. The van der Waals surface area contributed by atoms with Crippen LogP contribution in [0.15, 0.2) is 42.5 Å². The maximum atomic E-state index is 3.70. The smallest absolute Gasteiger partial charge is 0.0294 e. The highest BCUT2D eigenvalue weighted by molar-refractivity contribution is 5.40. The monoisotopic (exact) mass is 265 g/mol. The maximum Gasteiger partial charge on any atom is 0.0294 e. The Morgan fingerprint density at radius 3 is 2.70 bits per heavy atom. The summed E-state index contributed by atoms with van der Waals surface area (Å²) in [5.41, 5.74) is 7.21. The molecule has 1 nitrogen and oxygen atoms in total. The lowest BCUT2D eigenvalue weighted by molar-refractivity contribution is 0.488. The minimum absolute atomic E-state index is 0.420. The Balaban J connectivity index is 1.62. The fourth-order valence-corrected chi connectivity index (χ4v) is 3.29. The highest BCUT2D eigenvalue weighted by atomic mass is 14.9. The average molecular weight is 265 g/mol. The highest BCUT2D eigenvalue weighted by Crippen LogP contribution is 2.34. The van der Waals surface area contributed by atoms with Crippen molar-refractivity contribution < 1.29 is 0 Å². The molecule has 0 saturated carbocycles. The van der Waals surface area contributed by atoms with Gasteiger partial charge in [-0.05, 0) is 49.4 Å². The van der Waals surface area contributed by atoms with Crippen molar-refractivity contribution in [1.29, 1.82) is 0 Å². The molecule has 2 aromatic carbocycles. The molecule has 0 bridgehead atoms. The van der Waals surface area contributed by atoms with Gasteiger partial charge in [-0.1, -0.05) is 48.0 Å². The predicted octanol–water partition coefficient (Wildman–Crippen LogP) is 4.29. The van der Waals surface area contributed by atoms with Crippen molar-refractivity contribution in [3.63, 3.8) is 0 Å². The van der Waals surface area contributed by atoms with Gasteiger partial charge in [0.1, 0.15) is 0 Å². The fourth-order valence-electron chi connectivity index (χ4n) is 3.29. The number of hydrogen-bond acceptors (Lipinski definition) is 1. The third-order valence-electron chi connectivity index (χ3n) is 4.52. The van der Waals surface area contributed by atoms with Crippen LogP contribution < -0.4 is 5.32 Å². The Bertz CT molecular complexity index is 615. The maximum absolute atomic E-state index is 3.70. The fraction of sp³-hybridized carbons (Fsp3) is 0.368. The van der Waals surface area contributed by atoms with Crippen LogP contribution in [0.3, 0.4) is 0 Å². The molecule has 0 fully saturated rings.